The van der Waals surface area contributed by atoms with E-state index < -0.39 is 0 Å². The first kappa shape index (κ1) is 15.9. The van der Waals surface area contributed by atoms with E-state index in [-0.39, 0.29) is 17.0 Å². The SMILES string of the molecule is CC(C)(C)c1nsc(N[C@@H]2CCCN(c3ncc[nH]c3=O)C2)n1. The molecule has 2 aromatic rings. The maximum atomic E-state index is 11.9. The Labute approximate surface area is 139 Å². The van der Waals surface area contributed by atoms with Gasteiger partial charge in [0.1, 0.15) is 5.82 Å². The van der Waals surface area contributed by atoms with Gasteiger partial charge < -0.3 is 15.2 Å². The molecule has 2 N–H and O–H groups in total. The van der Waals surface area contributed by atoms with Gasteiger partial charge in [0.05, 0.1) is 0 Å². The Hall–Kier alpha value is -1.96. The molecule has 1 saturated heterocycles. The molecule has 7 nitrogen and oxygen atoms in total. The molecule has 0 amide bonds. The topological polar surface area (TPSA) is 86.8 Å². The highest BCUT2D eigenvalue weighted by Gasteiger charge is 2.25. The summed E-state index contributed by atoms with van der Waals surface area (Å²) >= 11 is 1.40. The second-order valence-electron chi connectivity index (χ2n) is 6.84. The Morgan fingerprint density at radius 1 is 1.43 bits per heavy atom. The van der Waals surface area contributed by atoms with Crippen molar-refractivity contribution in [1.29, 1.82) is 0 Å². The van der Waals surface area contributed by atoms with E-state index in [2.05, 4.69) is 45.4 Å². The molecule has 0 aromatic carbocycles. The van der Waals surface area contributed by atoms with Crippen LogP contribution in [0.1, 0.15) is 39.4 Å². The lowest BCUT2D eigenvalue weighted by Crippen LogP contribution is -2.44. The van der Waals surface area contributed by atoms with Crippen molar-refractivity contribution in [3.05, 3.63) is 28.6 Å². The molecule has 0 aliphatic carbocycles. The molecule has 8 heteroatoms. The normalized spacial score (nSPS) is 18.9. The number of nitrogens with zero attached hydrogens (tertiary/aromatic N) is 4. The minimum Gasteiger partial charge on any atom is -0.356 e. The fraction of sp³-hybridized carbons (Fsp3) is 0.600. The fourth-order valence-corrected chi connectivity index (χ4v) is 3.45. The summed E-state index contributed by atoms with van der Waals surface area (Å²) in [5.41, 5.74) is -0.185. The van der Waals surface area contributed by atoms with E-state index in [1.807, 2.05) is 4.90 Å². The molecular weight excluding hydrogens is 312 g/mol. The van der Waals surface area contributed by atoms with E-state index in [0.717, 1.165) is 36.9 Å². The van der Waals surface area contributed by atoms with E-state index >= 15 is 0 Å². The van der Waals surface area contributed by atoms with Crippen molar-refractivity contribution in [2.45, 2.75) is 45.1 Å². The van der Waals surface area contributed by atoms with E-state index in [9.17, 15) is 4.79 Å². The second-order valence-corrected chi connectivity index (χ2v) is 7.60. The van der Waals surface area contributed by atoms with Crippen LogP contribution in [0.15, 0.2) is 17.2 Å². The minimum absolute atomic E-state index is 0.0454. The summed E-state index contributed by atoms with van der Waals surface area (Å²) in [5, 5.41) is 4.30. The Kier molecular flexibility index (Phi) is 4.34. The molecule has 0 spiro atoms. The molecule has 2 aromatic heterocycles. The number of aromatic nitrogens is 4. The van der Waals surface area contributed by atoms with Crippen molar-refractivity contribution in [1.82, 2.24) is 19.3 Å². The van der Waals surface area contributed by atoms with Gasteiger partial charge in [0.15, 0.2) is 5.82 Å². The van der Waals surface area contributed by atoms with Gasteiger partial charge in [0, 0.05) is 48.5 Å². The second kappa shape index (κ2) is 6.27. The maximum Gasteiger partial charge on any atom is 0.290 e. The van der Waals surface area contributed by atoms with E-state index in [1.54, 1.807) is 12.4 Å². The lowest BCUT2D eigenvalue weighted by molar-refractivity contribution is 0.523. The van der Waals surface area contributed by atoms with Crippen LogP contribution < -0.4 is 15.8 Å². The molecule has 3 heterocycles. The summed E-state index contributed by atoms with van der Waals surface area (Å²) in [6, 6.07) is 0.242. The van der Waals surface area contributed by atoms with Gasteiger partial charge in [0.2, 0.25) is 5.13 Å². The lowest BCUT2D eigenvalue weighted by Gasteiger charge is -2.33. The zero-order valence-corrected chi connectivity index (χ0v) is 14.5. The monoisotopic (exact) mass is 334 g/mol. The average Bonchev–Trinajstić information content (AvgIpc) is 2.97. The third-order valence-corrected chi connectivity index (χ3v) is 4.48. The Morgan fingerprint density at radius 3 is 2.96 bits per heavy atom. The number of aromatic amines is 1. The number of piperidine rings is 1. The molecule has 0 bridgehead atoms. The van der Waals surface area contributed by atoms with Crippen LogP contribution in [0.3, 0.4) is 0 Å². The van der Waals surface area contributed by atoms with Crippen molar-refractivity contribution < 1.29 is 0 Å². The zero-order valence-electron chi connectivity index (χ0n) is 13.7. The first-order chi connectivity index (χ1) is 10.9. The predicted octanol–water partition coefficient (Wildman–Crippen LogP) is 2.00. The van der Waals surface area contributed by atoms with Crippen molar-refractivity contribution in [3.8, 4) is 0 Å². The molecule has 0 radical (unpaired) electrons. The van der Waals surface area contributed by atoms with Crippen molar-refractivity contribution in [3.63, 3.8) is 0 Å². The number of rotatable bonds is 3. The van der Waals surface area contributed by atoms with Gasteiger partial charge >= 0.3 is 0 Å². The van der Waals surface area contributed by atoms with Crippen LogP contribution >= 0.6 is 11.5 Å². The fourth-order valence-electron chi connectivity index (χ4n) is 2.62. The highest BCUT2D eigenvalue weighted by molar-refractivity contribution is 7.09. The molecule has 3 rings (SSSR count). The molecule has 1 fully saturated rings. The average molecular weight is 334 g/mol. The largest absolute Gasteiger partial charge is 0.356 e. The van der Waals surface area contributed by atoms with Gasteiger partial charge in [-0.15, -0.1) is 0 Å². The summed E-state index contributed by atoms with van der Waals surface area (Å²) in [6.07, 6.45) is 5.24. The number of hydrogen-bond acceptors (Lipinski definition) is 7. The third-order valence-electron chi connectivity index (χ3n) is 3.83. The van der Waals surface area contributed by atoms with Crippen LogP contribution in [-0.4, -0.2) is 38.5 Å². The third kappa shape index (κ3) is 3.69. The van der Waals surface area contributed by atoms with E-state index in [1.165, 1.54) is 11.5 Å². The summed E-state index contributed by atoms with van der Waals surface area (Å²) in [4.78, 5) is 25.4. The quantitative estimate of drug-likeness (QED) is 0.893. The van der Waals surface area contributed by atoms with Crippen LogP contribution in [0.25, 0.3) is 0 Å². The molecule has 1 aliphatic heterocycles. The number of nitrogens with one attached hydrogen (secondary N) is 2. The van der Waals surface area contributed by atoms with Crippen LogP contribution in [0.2, 0.25) is 0 Å². The standard InChI is InChI=1S/C15H22N6OS/c1-15(2,3)13-19-14(23-20-13)18-10-5-4-8-21(9-10)11-12(22)17-7-6-16-11/h6-7,10H,4-5,8-9H2,1-3H3,(H,17,22)(H,18,19,20)/t10-/m1/s1. The minimum atomic E-state index is -0.140. The van der Waals surface area contributed by atoms with Gasteiger partial charge in [-0.25, -0.2) is 9.97 Å². The van der Waals surface area contributed by atoms with Crippen LogP contribution in [-0.2, 0) is 5.41 Å². The molecule has 1 atom stereocenters. The van der Waals surface area contributed by atoms with Gasteiger partial charge in [-0.05, 0) is 12.8 Å². The van der Waals surface area contributed by atoms with Crippen LogP contribution in [0, 0.1) is 0 Å². The zero-order chi connectivity index (χ0) is 16.4. The summed E-state index contributed by atoms with van der Waals surface area (Å²) < 4.78 is 4.43. The predicted molar refractivity (Wildman–Crippen MR) is 92.3 cm³/mol. The molecule has 0 unspecified atom stereocenters. The van der Waals surface area contributed by atoms with Crippen molar-refractivity contribution in [2.75, 3.05) is 23.3 Å². The first-order valence-electron chi connectivity index (χ1n) is 7.83. The van der Waals surface area contributed by atoms with Crippen LogP contribution in [0.5, 0.6) is 0 Å². The van der Waals surface area contributed by atoms with Gasteiger partial charge in [-0.2, -0.15) is 4.37 Å². The van der Waals surface area contributed by atoms with E-state index in [0.29, 0.717) is 5.82 Å². The molecule has 124 valence electrons. The van der Waals surface area contributed by atoms with Gasteiger partial charge in [0.25, 0.3) is 5.56 Å². The maximum absolute atomic E-state index is 11.9. The number of H-pyrrole nitrogens is 1. The highest BCUT2D eigenvalue weighted by atomic mass is 32.1. The van der Waals surface area contributed by atoms with Gasteiger partial charge in [-0.1, -0.05) is 20.8 Å². The Bertz CT molecular complexity index is 719. The number of hydrogen-bond donors (Lipinski definition) is 2. The van der Waals surface area contributed by atoms with Crippen LogP contribution in [0.4, 0.5) is 10.9 Å². The summed E-state index contributed by atoms with van der Waals surface area (Å²) in [6.45, 7) is 7.91. The first-order valence-corrected chi connectivity index (χ1v) is 8.60. The molecular formula is C15H22N6OS. The molecule has 0 saturated carbocycles. The Morgan fingerprint density at radius 2 is 2.26 bits per heavy atom. The lowest BCUT2D eigenvalue weighted by atomic mass is 9.96. The van der Waals surface area contributed by atoms with Gasteiger partial charge in [-0.3, -0.25) is 4.79 Å². The molecule has 1 aliphatic rings. The summed E-state index contributed by atoms with van der Waals surface area (Å²) in [7, 11) is 0. The van der Waals surface area contributed by atoms with Crippen molar-refractivity contribution >= 4 is 22.5 Å². The highest BCUT2D eigenvalue weighted by Crippen LogP contribution is 2.24. The Balaban J connectivity index is 1.69. The van der Waals surface area contributed by atoms with Crippen molar-refractivity contribution in [2.24, 2.45) is 0 Å². The smallest absolute Gasteiger partial charge is 0.290 e. The van der Waals surface area contributed by atoms with E-state index in [4.69, 9.17) is 0 Å². The number of anilines is 2. The molecule has 23 heavy (non-hydrogen) atoms. The summed E-state index contributed by atoms with van der Waals surface area (Å²) in [5.74, 6) is 1.35.